The average molecular weight is 1190 g/mol. The first-order valence-electron chi connectivity index (χ1n) is 21.9. The van der Waals surface area contributed by atoms with Gasteiger partial charge in [-0.1, -0.05) is 22.6 Å². The smallest absolute Gasteiger partial charge is 0.350 e. The molecule has 7 N–H and O–H groups in total. The number of carbonyl (C=O) groups excluding carboxylic acids is 2. The Morgan fingerprint density at radius 3 is 1.18 bits per heavy atom. The molecule has 5 aromatic carbocycles. The number of isocyanates is 2. The zero-order valence-electron chi connectivity index (χ0n) is 41.5. The van der Waals surface area contributed by atoms with E-state index in [-0.39, 0.29) is 22.7 Å². The standard InChI is InChI=1S/3C9H5N3O2.C9H7N3.C8H6N2O2.C2H6.2CClNO3S/c2*10-4-6-5-11-9-3-7(12(13)14)1-2-8(6)9;10-5-7-3-6-1-2-8(12(13)14)4-9(6)11-7;10-4-6-5-12-9-3-7(11)1-2-8(6)9;11-10(12)7-2-1-6-3-4-9-8(6)5-7;1-2;2*2-7(5,6)3-1-4/h2*1-3,5,11H;1-4,11H;1-3,5,12H,11H2;1-5,9H;1-2H3;;. The van der Waals surface area contributed by atoms with Crippen LogP contribution in [0.25, 0.3) is 54.5 Å². The van der Waals surface area contributed by atoms with Gasteiger partial charge in [0, 0.05) is 127 Å². The van der Waals surface area contributed by atoms with Crippen molar-refractivity contribution in [3.63, 3.8) is 0 Å². The van der Waals surface area contributed by atoms with Crippen molar-refractivity contribution in [2.75, 3.05) is 5.73 Å². The molecule has 30 nitrogen and oxygen atoms in total. The second kappa shape index (κ2) is 30.4. The Morgan fingerprint density at radius 2 is 0.829 bits per heavy atom. The van der Waals surface area contributed by atoms with Crippen molar-refractivity contribution in [2.45, 2.75) is 13.8 Å². The first-order chi connectivity index (χ1) is 38.8. The van der Waals surface area contributed by atoms with Crippen molar-refractivity contribution in [2.24, 2.45) is 8.80 Å². The minimum absolute atomic E-state index is 0.0174. The van der Waals surface area contributed by atoms with Gasteiger partial charge < -0.3 is 30.7 Å². The normalized spacial score (nSPS) is 9.80. The quantitative estimate of drug-likeness (QED) is 0.0225. The molecule has 0 saturated carbocycles. The van der Waals surface area contributed by atoms with Gasteiger partial charge in [-0.2, -0.15) is 37.9 Å². The van der Waals surface area contributed by atoms with Crippen LogP contribution in [0.2, 0.25) is 0 Å². The van der Waals surface area contributed by atoms with Gasteiger partial charge >= 0.3 is 18.5 Å². The first kappa shape index (κ1) is 64.7. The van der Waals surface area contributed by atoms with Crippen LogP contribution in [0.4, 0.5) is 28.4 Å². The lowest BCUT2D eigenvalue weighted by atomic mass is 10.2. The number of aromatic nitrogens is 5. The van der Waals surface area contributed by atoms with Crippen molar-refractivity contribution >= 4 is 135 Å². The highest BCUT2D eigenvalue weighted by Crippen LogP contribution is 2.25. The number of nitrogens with one attached hydrogen (secondary N) is 5. The number of hydrogen-bond acceptors (Lipinski definition) is 19. The van der Waals surface area contributed by atoms with Crippen LogP contribution in [-0.4, -0.2) is 73.6 Å². The lowest BCUT2D eigenvalue weighted by Crippen LogP contribution is -1.86. The largest absolute Gasteiger partial charge is 0.399 e. The predicted octanol–water partition coefficient (Wildman–Crippen LogP) is 10.2. The van der Waals surface area contributed by atoms with E-state index in [2.05, 4.69) is 61.1 Å². The Labute approximate surface area is 468 Å². The molecule has 0 spiro atoms. The highest BCUT2D eigenvalue weighted by molar-refractivity contribution is 8.13. The number of benzene rings is 5. The highest BCUT2D eigenvalue weighted by Gasteiger charge is 2.12. The van der Waals surface area contributed by atoms with Crippen LogP contribution < -0.4 is 5.73 Å². The van der Waals surface area contributed by atoms with Crippen molar-refractivity contribution in [3.8, 4) is 24.3 Å². The summed E-state index contributed by atoms with van der Waals surface area (Å²) in [6, 6.07) is 34.9. The summed E-state index contributed by atoms with van der Waals surface area (Å²) in [5.41, 5.74) is 12.0. The van der Waals surface area contributed by atoms with Crippen molar-refractivity contribution in [1.82, 2.24) is 24.9 Å². The molecule has 0 atom stereocenters. The van der Waals surface area contributed by atoms with Crippen molar-refractivity contribution in [1.29, 1.82) is 21.0 Å². The molecule has 0 aliphatic heterocycles. The van der Waals surface area contributed by atoms with Gasteiger partial charge in [-0.15, -0.1) is 0 Å². The number of nitrogen functional groups attached to an aromatic ring is 1. The molecule has 416 valence electrons. The number of nitro benzene ring substituents is 4. The van der Waals surface area contributed by atoms with Crippen LogP contribution in [-0.2, 0) is 28.1 Å². The number of halogens is 2. The fraction of sp³-hybridized carbons (Fsp3) is 0.0417. The summed E-state index contributed by atoms with van der Waals surface area (Å²) < 4.78 is 42.6. The summed E-state index contributed by atoms with van der Waals surface area (Å²) in [5, 5.41) is 80.5. The Balaban J connectivity index is 0.000000253. The SMILES string of the molecule is CC.N#Cc1c[nH]c2cc(N)ccc12.N#Cc1c[nH]c2cc([N+](=O)[O-])ccc12.N#Cc1c[nH]c2cc([N+](=O)[O-])ccc12.N#Cc1cc2ccc([N+](=O)[O-])cc2[nH]1.O=C=NS(=O)(=O)Cl.O=C=NS(=O)(=O)Cl.O=[N+]([O-])c1ccc2cc[nH]c2c1. The predicted molar refractivity (Wildman–Crippen MR) is 299 cm³/mol. The van der Waals surface area contributed by atoms with E-state index < -0.39 is 38.2 Å². The van der Waals surface area contributed by atoms with Gasteiger partial charge in [-0.25, -0.2) is 9.59 Å². The highest BCUT2D eigenvalue weighted by atomic mass is 35.7. The number of hydrogen-bond donors (Lipinski definition) is 6. The third-order valence-corrected chi connectivity index (χ3v) is 10.8. The summed E-state index contributed by atoms with van der Waals surface area (Å²) in [6.45, 7) is 4.00. The Morgan fingerprint density at radius 1 is 0.476 bits per heavy atom. The Kier molecular flexibility index (Phi) is 24.0. The maximum Gasteiger partial charge on any atom is 0.350 e. The van der Waals surface area contributed by atoms with Crippen LogP contribution in [0.1, 0.15) is 36.2 Å². The molecule has 0 bridgehead atoms. The second-order valence-electron chi connectivity index (χ2n) is 14.7. The Bertz CT molecular complexity index is 4340. The maximum atomic E-state index is 10.4. The summed E-state index contributed by atoms with van der Waals surface area (Å²) in [6.07, 6.45) is 8.04. The molecule has 0 amide bonds. The number of nitrogens with zero attached hydrogens (tertiary/aromatic N) is 10. The van der Waals surface area contributed by atoms with Gasteiger partial charge in [-0.05, 0) is 60.0 Å². The third-order valence-electron chi connectivity index (χ3n) is 9.80. The van der Waals surface area contributed by atoms with Gasteiger partial charge in [-0.3, -0.25) is 40.5 Å². The molecular formula is C48H34Cl2N16O14S2. The summed E-state index contributed by atoms with van der Waals surface area (Å²) in [7, 11) is 0.752. The Hall–Kier alpha value is -11.6. The van der Waals surface area contributed by atoms with Gasteiger partial charge in [0.05, 0.1) is 58.5 Å². The molecule has 0 radical (unpaired) electrons. The molecule has 0 unspecified atom stereocenters. The van der Waals surface area contributed by atoms with E-state index in [1.165, 1.54) is 60.9 Å². The maximum absolute atomic E-state index is 10.4. The number of anilines is 1. The monoisotopic (exact) mass is 1190 g/mol. The number of nitriles is 4. The summed E-state index contributed by atoms with van der Waals surface area (Å²) in [5.74, 6) is 0. The molecule has 0 fully saturated rings. The van der Waals surface area contributed by atoms with E-state index in [4.69, 9.17) is 36.4 Å². The fourth-order valence-electron chi connectivity index (χ4n) is 6.40. The molecule has 0 saturated heterocycles. The van der Waals surface area contributed by atoms with Gasteiger partial charge in [0.1, 0.15) is 30.0 Å². The fourth-order valence-corrected chi connectivity index (χ4v) is 6.75. The van der Waals surface area contributed by atoms with Crippen LogP contribution in [0.3, 0.4) is 0 Å². The van der Waals surface area contributed by atoms with Crippen molar-refractivity contribution < 1.29 is 46.1 Å². The van der Waals surface area contributed by atoms with E-state index in [9.17, 15) is 57.3 Å². The van der Waals surface area contributed by atoms with Gasteiger partial charge in [0.2, 0.25) is 0 Å². The number of fused-ring (bicyclic) bond motifs is 5. The van der Waals surface area contributed by atoms with Crippen LogP contribution >= 0.6 is 21.4 Å². The molecule has 0 aliphatic rings. The molecule has 5 heterocycles. The van der Waals surface area contributed by atoms with Crippen LogP contribution in [0, 0.1) is 85.8 Å². The lowest BCUT2D eigenvalue weighted by molar-refractivity contribution is -0.384. The summed E-state index contributed by atoms with van der Waals surface area (Å²) >= 11 is 0. The zero-order valence-corrected chi connectivity index (χ0v) is 44.6. The molecule has 82 heavy (non-hydrogen) atoms. The number of H-pyrrole nitrogens is 5. The molecule has 34 heteroatoms. The minimum atomic E-state index is -4.00. The minimum Gasteiger partial charge on any atom is -0.399 e. The topological polar surface area (TPSA) is 500 Å². The molecular weight excluding hydrogens is 1160 g/mol. The molecule has 0 aliphatic carbocycles. The van der Waals surface area contributed by atoms with Gasteiger partial charge in [0.25, 0.3) is 34.9 Å². The van der Waals surface area contributed by atoms with E-state index in [0.717, 1.165) is 39.4 Å². The third kappa shape index (κ3) is 19.4. The van der Waals surface area contributed by atoms with E-state index in [0.29, 0.717) is 55.4 Å². The first-order valence-corrected chi connectivity index (χ1v) is 26.4. The number of aromatic amines is 5. The van der Waals surface area contributed by atoms with Crippen molar-refractivity contribution in [3.05, 3.63) is 191 Å². The van der Waals surface area contributed by atoms with E-state index >= 15 is 0 Å². The van der Waals surface area contributed by atoms with Gasteiger partial charge in [0.15, 0.2) is 0 Å². The number of non-ortho nitro benzene ring substituents is 4. The van der Waals surface area contributed by atoms with E-state index in [1.807, 2.05) is 50.3 Å². The van der Waals surface area contributed by atoms with Crippen LogP contribution in [0.15, 0.2) is 137 Å². The molecule has 10 rings (SSSR count). The molecule has 10 aromatic rings. The lowest BCUT2D eigenvalue weighted by Gasteiger charge is -1.92. The molecule has 5 aromatic heterocycles. The van der Waals surface area contributed by atoms with Crippen LogP contribution in [0.5, 0.6) is 0 Å². The zero-order chi connectivity index (χ0) is 61.3. The number of nitro groups is 4. The number of nitrogens with two attached hydrogens (primary N) is 1. The van der Waals surface area contributed by atoms with E-state index in [1.54, 1.807) is 48.8 Å². The second-order valence-corrected chi connectivity index (χ2v) is 19.1. The average Bonchev–Trinajstić information content (AvgIpc) is 4.31. The number of rotatable bonds is 6. The summed E-state index contributed by atoms with van der Waals surface area (Å²) in [4.78, 5) is 72.3.